The van der Waals surface area contributed by atoms with E-state index < -0.39 is 4.92 Å². The van der Waals surface area contributed by atoms with Crippen molar-refractivity contribution in [2.45, 2.75) is 0 Å². The molecule has 0 aliphatic heterocycles. The molecule has 7 heteroatoms. The van der Waals surface area contributed by atoms with Crippen LogP contribution in [0.5, 0.6) is 0 Å². The number of non-ortho nitro benzene ring substituents is 1. The summed E-state index contributed by atoms with van der Waals surface area (Å²) >= 11 is 0. The number of rotatable bonds is 8. The molecule has 0 saturated heterocycles. The number of anilines is 1. The van der Waals surface area contributed by atoms with Gasteiger partial charge >= 0.3 is 0 Å². The molecule has 0 fully saturated rings. The molecule has 2 aromatic rings. The van der Waals surface area contributed by atoms with Crippen LogP contribution in [-0.2, 0) is 0 Å². The lowest BCUT2D eigenvalue weighted by Crippen LogP contribution is -2.29. The number of hydrogen-bond acceptors (Lipinski definition) is 6. The van der Waals surface area contributed by atoms with Gasteiger partial charge in [-0.05, 0) is 24.3 Å². The largest absolute Gasteiger partial charge is 0.395 e. The Balaban J connectivity index is 2.17. The molecule has 0 aliphatic rings. The summed E-state index contributed by atoms with van der Waals surface area (Å²) in [5.74, 6) is 0. The van der Waals surface area contributed by atoms with Gasteiger partial charge < -0.3 is 15.1 Å². The molecule has 0 atom stereocenters. The highest BCUT2D eigenvalue weighted by molar-refractivity contribution is 6.11. The smallest absolute Gasteiger partial charge is 0.269 e. The van der Waals surface area contributed by atoms with E-state index >= 15 is 0 Å². The quantitative estimate of drug-likeness (QED) is 0.388. The zero-order valence-corrected chi connectivity index (χ0v) is 13.1. The maximum Gasteiger partial charge on any atom is 0.269 e. The van der Waals surface area contributed by atoms with Crippen LogP contribution >= 0.6 is 0 Å². The van der Waals surface area contributed by atoms with Gasteiger partial charge in [-0.15, -0.1) is 0 Å². The summed E-state index contributed by atoms with van der Waals surface area (Å²) in [6, 6.07) is 13.1. The van der Waals surface area contributed by atoms with Crippen LogP contribution in [0.3, 0.4) is 0 Å². The average Bonchev–Trinajstić information content (AvgIpc) is 2.61. The molecule has 3 N–H and O–H groups in total. The molecular weight excluding hydrogens is 310 g/mol. The van der Waals surface area contributed by atoms with Crippen molar-refractivity contribution in [2.24, 2.45) is 0 Å². The van der Waals surface area contributed by atoms with Crippen LogP contribution in [0.15, 0.2) is 48.5 Å². The number of nitrogens with zero attached hydrogens (tertiary/aromatic N) is 2. The molecule has 0 bridgehead atoms. The predicted molar refractivity (Wildman–Crippen MR) is 91.9 cm³/mol. The number of benzene rings is 2. The Morgan fingerprint density at radius 1 is 0.958 bits per heavy atom. The second kappa shape index (κ2) is 8.19. The minimum absolute atomic E-state index is 0.00875. The van der Waals surface area contributed by atoms with Gasteiger partial charge in [0.25, 0.3) is 5.69 Å². The van der Waals surface area contributed by atoms with Crippen LogP contribution < -0.4 is 4.90 Å². The molecule has 2 aromatic carbocycles. The first-order valence-electron chi connectivity index (χ1n) is 7.47. The van der Waals surface area contributed by atoms with E-state index in [2.05, 4.69) is 0 Å². The standard InChI is InChI=1S/C17H19N3O4/c18-17(14-3-7-16(8-4-14)20(23)24)13-1-5-15(6-2-13)19(9-11-21)10-12-22/h1-8,18,21-22H,9-12H2. The SMILES string of the molecule is N=C(c1ccc(N(CCO)CCO)cc1)c1ccc([N+](=O)[O-])cc1. The fraction of sp³-hybridized carbons (Fsp3) is 0.235. The number of aliphatic hydroxyl groups excluding tert-OH is 2. The highest BCUT2D eigenvalue weighted by Gasteiger charge is 2.10. The zero-order valence-electron chi connectivity index (χ0n) is 13.1. The van der Waals surface area contributed by atoms with Crippen molar-refractivity contribution >= 4 is 17.1 Å². The molecule has 126 valence electrons. The summed E-state index contributed by atoms with van der Waals surface area (Å²) in [6.45, 7) is 0.806. The van der Waals surface area contributed by atoms with Gasteiger partial charge in [0.15, 0.2) is 0 Å². The highest BCUT2D eigenvalue weighted by Crippen LogP contribution is 2.19. The van der Waals surface area contributed by atoms with Gasteiger partial charge in [-0.2, -0.15) is 0 Å². The number of nitro groups is 1. The average molecular weight is 329 g/mol. The Kier molecular flexibility index (Phi) is 6.00. The van der Waals surface area contributed by atoms with E-state index in [9.17, 15) is 10.1 Å². The third kappa shape index (κ3) is 4.15. The molecule has 0 heterocycles. The summed E-state index contributed by atoms with van der Waals surface area (Å²) in [5, 5.41) is 37.0. The fourth-order valence-corrected chi connectivity index (χ4v) is 2.37. The van der Waals surface area contributed by atoms with Crippen LogP contribution in [0, 0.1) is 15.5 Å². The molecule has 0 aliphatic carbocycles. The third-order valence-electron chi connectivity index (χ3n) is 3.63. The maximum absolute atomic E-state index is 10.7. The molecule has 0 saturated carbocycles. The second-order valence-electron chi connectivity index (χ2n) is 5.16. The summed E-state index contributed by atoms with van der Waals surface area (Å²) in [5.41, 5.74) is 2.38. The van der Waals surface area contributed by atoms with Crippen LogP contribution in [-0.4, -0.2) is 47.2 Å². The van der Waals surface area contributed by atoms with Gasteiger partial charge in [0, 0.05) is 42.0 Å². The van der Waals surface area contributed by atoms with Crippen molar-refractivity contribution in [3.05, 3.63) is 69.8 Å². The maximum atomic E-state index is 10.7. The summed E-state index contributed by atoms with van der Waals surface area (Å²) in [7, 11) is 0. The van der Waals surface area contributed by atoms with Crippen LogP contribution in [0.1, 0.15) is 11.1 Å². The summed E-state index contributed by atoms with van der Waals surface area (Å²) in [6.07, 6.45) is 0. The van der Waals surface area contributed by atoms with Crippen molar-refractivity contribution in [2.75, 3.05) is 31.2 Å². The first kappa shape index (κ1) is 17.6. The minimum Gasteiger partial charge on any atom is -0.395 e. The molecule has 24 heavy (non-hydrogen) atoms. The van der Waals surface area contributed by atoms with E-state index in [1.54, 1.807) is 24.3 Å². The van der Waals surface area contributed by atoms with Crippen LogP contribution in [0.4, 0.5) is 11.4 Å². The Hall–Kier alpha value is -2.77. The number of hydrogen-bond donors (Lipinski definition) is 3. The Labute approximate surface area is 139 Å². The Morgan fingerprint density at radius 3 is 1.83 bits per heavy atom. The first-order chi connectivity index (χ1) is 11.6. The van der Waals surface area contributed by atoms with Crippen molar-refractivity contribution in [1.82, 2.24) is 0 Å². The van der Waals surface area contributed by atoms with E-state index in [4.69, 9.17) is 15.6 Å². The second-order valence-corrected chi connectivity index (χ2v) is 5.16. The lowest BCUT2D eigenvalue weighted by atomic mass is 10.0. The van der Waals surface area contributed by atoms with Gasteiger partial charge in [0.1, 0.15) is 0 Å². The van der Waals surface area contributed by atoms with E-state index in [1.165, 1.54) is 12.1 Å². The molecule has 0 spiro atoms. The lowest BCUT2D eigenvalue weighted by molar-refractivity contribution is -0.384. The van der Waals surface area contributed by atoms with Crippen molar-refractivity contribution in [1.29, 1.82) is 5.41 Å². The molecule has 0 aromatic heterocycles. The van der Waals surface area contributed by atoms with E-state index in [1.807, 2.05) is 17.0 Å². The molecule has 0 amide bonds. The van der Waals surface area contributed by atoms with Crippen molar-refractivity contribution < 1.29 is 15.1 Å². The topological polar surface area (TPSA) is 111 Å². The first-order valence-corrected chi connectivity index (χ1v) is 7.47. The van der Waals surface area contributed by atoms with Gasteiger partial charge in [-0.25, -0.2) is 0 Å². The van der Waals surface area contributed by atoms with E-state index in [0.717, 1.165) is 5.69 Å². The van der Waals surface area contributed by atoms with Gasteiger partial charge in [0.2, 0.25) is 0 Å². The molecule has 7 nitrogen and oxygen atoms in total. The predicted octanol–water partition coefficient (Wildman–Crippen LogP) is 1.80. The molecule has 0 unspecified atom stereocenters. The number of nitrogens with one attached hydrogen (secondary N) is 1. The number of nitro benzene ring substituents is 1. The molecule has 0 radical (unpaired) electrons. The van der Waals surface area contributed by atoms with Gasteiger partial charge in [-0.3, -0.25) is 15.5 Å². The summed E-state index contributed by atoms with van der Waals surface area (Å²) < 4.78 is 0. The van der Waals surface area contributed by atoms with Gasteiger partial charge in [0.05, 0.1) is 23.8 Å². The summed E-state index contributed by atoms with van der Waals surface area (Å²) in [4.78, 5) is 12.0. The number of aliphatic hydroxyl groups is 2. The van der Waals surface area contributed by atoms with Crippen LogP contribution in [0.2, 0.25) is 0 Å². The third-order valence-corrected chi connectivity index (χ3v) is 3.63. The van der Waals surface area contributed by atoms with E-state index in [-0.39, 0.29) is 24.6 Å². The van der Waals surface area contributed by atoms with Crippen molar-refractivity contribution in [3.8, 4) is 0 Å². The van der Waals surface area contributed by atoms with Crippen molar-refractivity contribution in [3.63, 3.8) is 0 Å². The normalized spacial score (nSPS) is 10.4. The Bertz CT molecular complexity index is 693. The van der Waals surface area contributed by atoms with E-state index in [0.29, 0.717) is 24.2 Å². The minimum atomic E-state index is -0.473. The lowest BCUT2D eigenvalue weighted by Gasteiger charge is -2.23. The Morgan fingerprint density at radius 2 is 1.42 bits per heavy atom. The molecule has 2 rings (SSSR count). The molecular formula is C17H19N3O4. The zero-order chi connectivity index (χ0) is 17.5. The van der Waals surface area contributed by atoms with Crippen LogP contribution in [0.25, 0.3) is 0 Å². The fourth-order valence-electron chi connectivity index (χ4n) is 2.37. The highest BCUT2D eigenvalue weighted by atomic mass is 16.6. The van der Waals surface area contributed by atoms with Gasteiger partial charge in [-0.1, -0.05) is 12.1 Å². The monoisotopic (exact) mass is 329 g/mol.